The Morgan fingerprint density at radius 3 is 0.447 bits per heavy atom. The van der Waals surface area contributed by atoms with E-state index in [1.54, 1.807) is 0 Å². The molecule has 0 aromatic heterocycles. The largest absolute Gasteiger partial charge is 0.481 e. The second-order valence-electron chi connectivity index (χ2n) is 8.11. The molecule has 0 aromatic rings. The molecule has 6 N–H and O–H groups in total. The van der Waals surface area contributed by atoms with Crippen LogP contribution in [-0.4, -0.2) is 66.5 Å². The molecule has 224 valence electrons. The van der Waals surface area contributed by atoms with Crippen LogP contribution in [0.2, 0.25) is 0 Å². The Hall–Kier alpha value is -0.0112. The summed E-state index contributed by atoms with van der Waals surface area (Å²) in [5.74, 6) is -4.70. The van der Waals surface area contributed by atoms with E-state index < -0.39 is 35.8 Å². The van der Waals surface area contributed by atoms with E-state index in [-0.39, 0.29) is 137 Å². The quantitative estimate of drug-likeness (QED) is 0.0882. The van der Waals surface area contributed by atoms with Crippen LogP contribution in [0, 0.1) is 98.8 Å². The van der Waals surface area contributed by atoms with Crippen molar-refractivity contribution in [1.82, 2.24) is 0 Å². The average molecular weight is 827 g/mol. The van der Waals surface area contributed by atoms with Gasteiger partial charge in [0.25, 0.3) is 0 Å². The van der Waals surface area contributed by atoms with Gasteiger partial charge in [-0.1, -0.05) is 38.5 Å². The van der Waals surface area contributed by atoms with E-state index in [1.165, 1.54) is 0 Å². The minimum atomic E-state index is -0.784. The molecule has 0 amide bonds. The summed E-state index contributed by atoms with van der Waals surface area (Å²) in [6.45, 7) is 0. The van der Waals surface area contributed by atoms with Crippen LogP contribution in [0.5, 0.6) is 0 Å². The van der Waals surface area contributed by atoms with Gasteiger partial charge in [0.1, 0.15) is 0 Å². The molecule has 12 nitrogen and oxygen atoms in total. The molecular formula is C24H42Eu2O12. The summed E-state index contributed by atoms with van der Waals surface area (Å²) < 4.78 is 0. The van der Waals surface area contributed by atoms with Crippen LogP contribution in [0.3, 0.4) is 0 Å². The van der Waals surface area contributed by atoms with Crippen molar-refractivity contribution in [2.75, 3.05) is 0 Å². The van der Waals surface area contributed by atoms with Gasteiger partial charge in [-0.25, -0.2) is 0 Å². The van der Waals surface area contributed by atoms with Crippen molar-refractivity contribution in [3.05, 3.63) is 0 Å². The fraction of sp³-hybridized carbons (Fsp3) is 0.750. The molecule has 0 spiro atoms. The van der Waals surface area contributed by atoms with E-state index in [0.29, 0.717) is 38.5 Å². The van der Waals surface area contributed by atoms with Gasteiger partial charge in [-0.15, -0.1) is 0 Å². The van der Waals surface area contributed by atoms with Gasteiger partial charge in [0.05, 0.1) is 0 Å². The van der Waals surface area contributed by atoms with Crippen molar-refractivity contribution in [3.8, 4) is 0 Å². The second-order valence-corrected chi connectivity index (χ2v) is 8.11. The Labute approximate surface area is 305 Å². The third-order valence-corrected chi connectivity index (χ3v) is 4.59. The number of carbonyl (C=O) groups is 6. The van der Waals surface area contributed by atoms with Crippen molar-refractivity contribution < 1.29 is 158 Å². The van der Waals surface area contributed by atoms with Gasteiger partial charge in [-0.3, -0.25) is 28.8 Å². The molecule has 0 aliphatic heterocycles. The number of carboxylic acids is 6. The Morgan fingerprint density at radius 2 is 0.368 bits per heavy atom. The zero-order valence-corrected chi connectivity index (χ0v) is 26.5. The first kappa shape index (κ1) is 47.8. The van der Waals surface area contributed by atoms with E-state index in [2.05, 4.69) is 0 Å². The summed E-state index contributed by atoms with van der Waals surface area (Å²) in [5, 5.41) is 49.6. The Kier molecular flexibility index (Phi) is 46.5. The van der Waals surface area contributed by atoms with Crippen LogP contribution >= 0.6 is 0 Å². The number of carboxylic acid groups (broad SMARTS) is 6. The molecule has 0 aliphatic rings. The van der Waals surface area contributed by atoms with Crippen molar-refractivity contribution in [1.29, 1.82) is 0 Å². The van der Waals surface area contributed by atoms with Crippen molar-refractivity contribution >= 4 is 35.8 Å². The predicted octanol–water partition coefficient (Wildman–Crippen LogP) is 4.49. The summed E-state index contributed by atoms with van der Waals surface area (Å²) in [6, 6.07) is 0. The monoisotopic (exact) mass is 828 g/mol. The van der Waals surface area contributed by atoms with E-state index >= 15 is 0 Å². The molecule has 0 bridgehead atoms. The van der Waals surface area contributed by atoms with Crippen LogP contribution in [0.1, 0.15) is 116 Å². The predicted molar refractivity (Wildman–Crippen MR) is 129 cm³/mol. The van der Waals surface area contributed by atoms with Crippen LogP contribution in [0.4, 0.5) is 0 Å². The SMILES string of the molecule is O=C(O)CCCCCCC(=O)O.O=C(O)CCCCCCC(=O)O.O=C(O)CCCCCCC(=O)O.[Eu].[Eu]. The molecule has 38 heavy (non-hydrogen) atoms. The molecule has 0 atom stereocenters. The molecule has 0 saturated heterocycles. The number of unbranched alkanes of at least 4 members (excludes halogenated alkanes) is 9. The van der Waals surface area contributed by atoms with Crippen LogP contribution in [-0.2, 0) is 28.8 Å². The second kappa shape index (κ2) is 37.0. The van der Waals surface area contributed by atoms with Crippen LogP contribution in [0.25, 0.3) is 0 Å². The Morgan fingerprint density at radius 1 is 0.263 bits per heavy atom. The topological polar surface area (TPSA) is 224 Å². The van der Waals surface area contributed by atoms with E-state index in [1.807, 2.05) is 0 Å². The molecule has 14 heteroatoms. The fourth-order valence-electron chi connectivity index (χ4n) is 2.72. The number of hydrogen-bond donors (Lipinski definition) is 6. The van der Waals surface area contributed by atoms with Gasteiger partial charge in [0, 0.05) is 137 Å². The third-order valence-electron chi connectivity index (χ3n) is 4.59. The normalized spacial score (nSPS) is 9.16. The summed E-state index contributed by atoms with van der Waals surface area (Å²) in [6.07, 6.45) is 9.84. The maximum atomic E-state index is 10.0. The smallest absolute Gasteiger partial charge is 0.303 e. The molecule has 2 radical (unpaired) electrons. The van der Waals surface area contributed by atoms with E-state index in [9.17, 15) is 28.8 Å². The number of hydrogen-bond acceptors (Lipinski definition) is 6. The van der Waals surface area contributed by atoms with Gasteiger partial charge in [-0.05, 0) is 38.5 Å². The molecule has 0 heterocycles. The molecule has 0 unspecified atom stereocenters. The Balaban J connectivity index is -0.000000140. The standard InChI is InChI=1S/3C8H14O4.2Eu/c3*9-7(10)5-3-1-2-4-6-8(11)12;;/h3*1-6H2,(H,9,10)(H,11,12);;. The van der Waals surface area contributed by atoms with Crippen molar-refractivity contribution in [2.45, 2.75) is 116 Å². The number of rotatable bonds is 21. The summed E-state index contributed by atoms with van der Waals surface area (Å²) >= 11 is 0. The molecular weight excluding hydrogens is 784 g/mol. The Bertz CT molecular complexity index is 502. The molecule has 0 fully saturated rings. The molecule has 0 aliphatic carbocycles. The maximum Gasteiger partial charge on any atom is 0.303 e. The fourth-order valence-corrected chi connectivity index (χ4v) is 2.72. The third kappa shape index (κ3) is 60.5. The minimum Gasteiger partial charge on any atom is -0.481 e. The van der Waals surface area contributed by atoms with Crippen molar-refractivity contribution in [2.24, 2.45) is 0 Å². The van der Waals surface area contributed by atoms with Crippen LogP contribution in [0.15, 0.2) is 0 Å². The van der Waals surface area contributed by atoms with Gasteiger partial charge in [0.2, 0.25) is 0 Å². The zero-order valence-electron chi connectivity index (χ0n) is 21.6. The average Bonchev–Trinajstić information content (AvgIpc) is 2.75. The molecule has 0 rings (SSSR count). The first-order valence-corrected chi connectivity index (χ1v) is 12.2. The summed E-state index contributed by atoms with van der Waals surface area (Å²) in [4.78, 5) is 60.3. The molecule has 0 saturated carbocycles. The first-order valence-electron chi connectivity index (χ1n) is 12.2. The van der Waals surface area contributed by atoms with Crippen molar-refractivity contribution in [3.63, 3.8) is 0 Å². The first-order chi connectivity index (χ1) is 16.9. The molecule has 0 aromatic carbocycles. The van der Waals surface area contributed by atoms with E-state index in [0.717, 1.165) is 38.5 Å². The van der Waals surface area contributed by atoms with Crippen LogP contribution < -0.4 is 0 Å². The minimum absolute atomic E-state index is 0. The van der Waals surface area contributed by atoms with Gasteiger partial charge < -0.3 is 30.6 Å². The maximum absolute atomic E-state index is 10.0. The summed E-state index contributed by atoms with van der Waals surface area (Å²) in [5.41, 5.74) is 0. The van der Waals surface area contributed by atoms with Gasteiger partial charge in [0.15, 0.2) is 0 Å². The zero-order chi connectivity index (χ0) is 28.2. The van der Waals surface area contributed by atoms with Gasteiger partial charge >= 0.3 is 35.8 Å². The van der Waals surface area contributed by atoms with Gasteiger partial charge in [-0.2, -0.15) is 0 Å². The van der Waals surface area contributed by atoms with E-state index in [4.69, 9.17) is 30.6 Å². The number of aliphatic carboxylic acids is 6. The summed E-state index contributed by atoms with van der Waals surface area (Å²) in [7, 11) is 0.